The fraction of sp³-hybridized carbons (Fsp3) is 0.318. The number of amides is 1. The summed E-state index contributed by atoms with van der Waals surface area (Å²) in [5.41, 5.74) is 7.18. The molecular formula is C22H29FN4O9. The third kappa shape index (κ3) is 10.2. The van der Waals surface area contributed by atoms with E-state index in [1.807, 2.05) is 0 Å². The average Bonchev–Trinajstić information content (AvgIpc) is 2.87. The first-order chi connectivity index (χ1) is 17.0. The number of carbonyl (C=O) groups is 2. The van der Waals surface area contributed by atoms with Crippen molar-refractivity contribution in [2.45, 2.75) is 31.0 Å². The number of nitrogen functional groups attached to an aromatic ring is 1. The van der Waals surface area contributed by atoms with Crippen LogP contribution in [0, 0.1) is 5.82 Å². The molecule has 1 heterocycles. The van der Waals surface area contributed by atoms with Crippen LogP contribution in [-0.4, -0.2) is 75.2 Å². The van der Waals surface area contributed by atoms with Gasteiger partial charge in [-0.15, -0.1) is 0 Å². The number of aromatic amines is 1. The van der Waals surface area contributed by atoms with Crippen LogP contribution in [0.5, 0.6) is 0 Å². The van der Waals surface area contributed by atoms with Crippen molar-refractivity contribution in [1.82, 2.24) is 0 Å². The largest absolute Gasteiger partial charge is 0.547 e. The topological polar surface area (TPSA) is 232 Å². The third-order valence-corrected chi connectivity index (χ3v) is 4.44. The van der Waals surface area contributed by atoms with Crippen LogP contribution in [0.2, 0.25) is 0 Å². The number of hydrogen-bond acceptors (Lipinski definition) is 11. The van der Waals surface area contributed by atoms with Crippen molar-refractivity contribution in [3.8, 4) is 0 Å². The molecule has 0 saturated heterocycles. The molecule has 198 valence electrons. The van der Waals surface area contributed by atoms with Crippen LogP contribution in [0.1, 0.15) is 5.56 Å². The Labute approximate surface area is 205 Å². The second-order valence-corrected chi connectivity index (χ2v) is 7.19. The number of anilines is 3. The number of carbonyl (C=O) groups excluding carboxylic acids is 2. The third-order valence-electron chi connectivity index (χ3n) is 4.44. The van der Waals surface area contributed by atoms with Crippen LogP contribution in [0.15, 0.2) is 49.1 Å². The highest BCUT2D eigenvalue weighted by atomic mass is 19.1. The number of aliphatic hydroxyl groups excluding tert-OH is 5. The van der Waals surface area contributed by atoms with Gasteiger partial charge in [-0.3, -0.25) is 5.32 Å². The van der Waals surface area contributed by atoms with Crippen LogP contribution in [0.3, 0.4) is 0 Å². The predicted octanol–water partition coefficient (Wildman–Crippen LogP) is -2.26. The molecule has 36 heavy (non-hydrogen) atoms. The van der Waals surface area contributed by atoms with Gasteiger partial charge < -0.3 is 51.2 Å². The number of aliphatic carboxylic acids is 1. The van der Waals surface area contributed by atoms with Gasteiger partial charge in [-0.25, -0.2) is 14.2 Å². The fourth-order valence-corrected chi connectivity index (χ4v) is 2.46. The zero-order valence-electron chi connectivity index (χ0n) is 19.0. The minimum Gasteiger partial charge on any atom is -0.547 e. The quantitative estimate of drug-likeness (QED) is 0.150. The number of nitrogens with one attached hydrogen (secondary N) is 3. The zero-order valence-corrected chi connectivity index (χ0v) is 19.0. The van der Waals surface area contributed by atoms with Crippen molar-refractivity contribution < 1.29 is 54.3 Å². The molecule has 4 unspecified atom stereocenters. The minimum absolute atomic E-state index is 0.118. The van der Waals surface area contributed by atoms with Crippen molar-refractivity contribution in [3.63, 3.8) is 0 Å². The van der Waals surface area contributed by atoms with Crippen LogP contribution in [-0.2, 0) is 16.1 Å². The summed E-state index contributed by atoms with van der Waals surface area (Å²) >= 11 is 0. The molecule has 0 fully saturated rings. The number of halogens is 1. The van der Waals surface area contributed by atoms with Gasteiger partial charge in [0.25, 0.3) is 0 Å². The molecule has 0 aliphatic carbocycles. The molecule has 0 spiro atoms. The molecule has 1 aromatic heterocycles. The Balaban J connectivity index is 0.000000426. The van der Waals surface area contributed by atoms with Crippen LogP contribution in [0.25, 0.3) is 0 Å². The average molecular weight is 512 g/mol. The molecule has 13 nitrogen and oxygen atoms in total. The van der Waals surface area contributed by atoms with E-state index in [1.54, 1.807) is 24.3 Å². The molecule has 0 aliphatic heterocycles. The molecule has 0 aliphatic rings. The van der Waals surface area contributed by atoms with Gasteiger partial charge in [0, 0.05) is 6.07 Å². The summed E-state index contributed by atoms with van der Waals surface area (Å²) in [6, 6.07) is 9.55. The molecule has 14 heteroatoms. The molecule has 0 saturated carbocycles. The van der Waals surface area contributed by atoms with Crippen molar-refractivity contribution in [2.24, 2.45) is 0 Å². The highest BCUT2D eigenvalue weighted by Crippen LogP contribution is 2.15. The summed E-state index contributed by atoms with van der Waals surface area (Å²) in [5, 5.41) is 59.1. The first-order valence-electron chi connectivity index (χ1n) is 10.4. The standard InChI is InChI=1S/C16H17FN4O2.C6H12O7/c1-2-9-23-16(22)20-13-7-8-14(21-15(13)18)19-10-11-3-5-12(17)6-4-11;7-1-2(8)3(9)4(10)5(11)6(12)13/h2-8H,1,9-10H2,(H,20,22)(H3,18,19,21);2-5,7-11H,1H2,(H,12,13). The van der Waals surface area contributed by atoms with Crippen molar-refractivity contribution in [2.75, 3.05) is 29.6 Å². The van der Waals surface area contributed by atoms with E-state index in [-0.39, 0.29) is 18.2 Å². The van der Waals surface area contributed by atoms with E-state index < -0.39 is 43.1 Å². The molecule has 2 rings (SSSR count). The lowest BCUT2D eigenvalue weighted by atomic mass is 10.0. The molecule has 1 aromatic carbocycles. The number of carboxylic acids is 1. The first kappa shape index (κ1) is 30.2. The van der Waals surface area contributed by atoms with E-state index in [0.29, 0.717) is 18.1 Å². The van der Waals surface area contributed by atoms with E-state index in [9.17, 15) is 19.1 Å². The lowest BCUT2D eigenvalue weighted by molar-refractivity contribution is -0.342. The lowest BCUT2D eigenvalue weighted by Crippen LogP contribution is -2.52. The van der Waals surface area contributed by atoms with Crippen molar-refractivity contribution in [3.05, 3.63) is 60.4 Å². The predicted molar refractivity (Wildman–Crippen MR) is 122 cm³/mol. The molecule has 2 aromatic rings. The normalized spacial score (nSPS) is 13.7. The van der Waals surface area contributed by atoms with E-state index in [1.165, 1.54) is 18.2 Å². The van der Waals surface area contributed by atoms with Gasteiger partial charge in [0.15, 0.2) is 0 Å². The summed E-state index contributed by atoms with van der Waals surface area (Å²) in [6.45, 7) is 3.21. The van der Waals surface area contributed by atoms with Crippen molar-refractivity contribution in [1.29, 1.82) is 0 Å². The Morgan fingerprint density at radius 3 is 2.31 bits per heavy atom. The minimum atomic E-state index is -2.31. The van der Waals surface area contributed by atoms with Gasteiger partial charge in [0.1, 0.15) is 42.5 Å². The van der Waals surface area contributed by atoms with E-state index in [2.05, 4.69) is 22.2 Å². The smallest absolute Gasteiger partial charge is 0.412 e. The van der Waals surface area contributed by atoms with Crippen molar-refractivity contribution >= 4 is 29.4 Å². The van der Waals surface area contributed by atoms with Gasteiger partial charge in [-0.05, 0) is 23.8 Å². The van der Waals surface area contributed by atoms with Crippen LogP contribution < -0.4 is 26.5 Å². The Bertz CT molecular complexity index is 994. The second kappa shape index (κ2) is 15.2. The highest BCUT2D eigenvalue weighted by Gasteiger charge is 2.30. The van der Waals surface area contributed by atoms with E-state index in [4.69, 9.17) is 36.0 Å². The van der Waals surface area contributed by atoms with Gasteiger partial charge in [0.05, 0.1) is 19.1 Å². The maximum absolute atomic E-state index is 12.8. The Kier molecular flexibility index (Phi) is 12.8. The zero-order chi connectivity index (χ0) is 27.3. The summed E-state index contributed by atoms with van der Waals surface area (Å²) in [6.07, 6.45) is -7.22. The van der Waals surface area contributed by atoms with Gasteiger partial charge in [0.2, 0.25) is 11.6 Å². The number of rotatable bonds is 11. The summed E-state index contributed by atoms with van der Waals surface area (Å²) < 4.78 is 17.6. The molecule has 0 bridgehead atoms. The Hall–Kier alpha value is -3.82. The van der Waals surface area contributed by atoms with Crippen LogP contribution >= 0.6 is 0 Å². The number of H-pyrrole nitrogens is 1. The van der Waals surface area contributed by atoms with Gasteiger partial charge in [-0.1, -0.05) is 24.8 Å². The maximum Gasteiger partial charge on any atom is 0.412 e. The molecule has 10 N–H and O–H groups in total. The van der Waals surface area contributed by atoms with E-state index in [0.717, 1.165) is 5.56 Å². The number of aromatic nitrogens is 1. The van der Waals surface area contributed by atoms with Gasteiger partial charge >= 0.3 is 6.09 Å². The number of pyridine rings is 1. The maximum atomic E-state index is 12.8. The van der Waals surface area contributed by atoms with Crippen LogP contribution in [0.4, 0.5) is 26.5 Å². The molecule has 4 atom stereocenters. The second-order valence-electron chi connectivity index (χ2n) is 7.19. The number of benzene rings is 1. The van der Waals surface area contributed by atoms with Gasteiger partial charge in [-0.2, -0.15) is 0 Å². The SMILES string of the molecule is C=CCOC(=O)Nc1ccc(NCc2ccc(F)cc2)[nH+]c1N.O=C([O-])C(O)C(O)C(O)C(O)CO. The molecular weight excluding hydrogens is 483 g/mol. The Morgan fingerprint density at radius 1 is 1.14 bits per heavy atom. The summed E-state index contributed by atoms with van der Waals surface area (Å²) in [5.74, 6) is -1.30. The highest BCUT2D eigenvalue weighted by molar-refractivity contribution is 5.87. The van der Waals surface area contributed by atoms with E-state index >= 15 is 0 Å². The molecule has 0 radical (unpaired) electrons. The number of carboxylic acid groups (broad SMARTS) is 1. The number of nitrogens with two attached hydrogens (primary N) is 1. The number of aliphatic hydroxyl groups is 5. The number of hydrogen-bond donors (Lipinski definition) is 8. The number of ether oxygens (including phenoxy) is 1. The summed E-state index contributed by atoms with van der Waals surface area (Å²) in [4.78, 5) is 24.4. The summed E-state index contributed by atoms with van der Waals surface area (Å²) in [7, 11) is 0. The fourth-order valence-electron chi connectivity index (χ4n) is 2.46. The Morgan fingerprint density at radius 2 is 1.78 bits per heavy atom. The first-order valence-corrected chi connectivity index (χ1v) is 10.4. The lowest BCUT2D eigenvalue weighted by Gasteiger charge is -2.25. The monoisotopic (exact) mass is 512 g/mol. The molecule has 1 amide bonds.